The molecular weight excluding hydrogens is 990 g/mol. The lowest BCUT2D eigenvalue weighted by Crippen LogP contribution is -2.37. The van der Waals surface area contributed by atoms with Crippen LogP contribution in [0.5, 0.6) is 0 Å². The molecule has 0 aliphatic carbocycles. The maximum Gasteiger partial charge on any atom is 0.306 e. The Morgan fingerprint density at radius 2 is 0.692 bits per heavy atom. The zero-order chi connectivity index (χ0) is 57.0. The molecule has 0 radical (unpaired) electrons. The van der Waals surface area contributed by atoms with Crippen LogP contribution < -0.4 is 4.89 Å². The number of rotatable bonds is 58. The second-order valence-electron chi connectivity index (χ2n) is 22.4. The monoisotopic (exact) mass is 1110 g/mol. The highest BCUT2D eigenvalue weighted by atomic mass is 31.2. The molecule has 450 valence electrons. The van der Waals surface area contributed by atoms with Crippen LogP contribution in [-0.4, -0.2) is 70.0 Å². The number of unbranched alkanes of at least 4 members (excludes halogenated alkanes) is 28. The van der Waals surface area contributed by atoms with E-state index in [0.29, 0.717) is 23.9 Å². The molecule has 0 aromatic rings. The largest absolute Gasteiger partial charge is 0.756 e. The summed E-state index contributed by atoms with van der Waals surface area (Å²) in [5, 5.41) is 0. The molecule has 0 aromatic heterocycles. The second-order valence-corrected chi connectivity index (χ2v) is 23.8. The van der Waals surface area contributed by atoms with E-state index in [1.807, 2.05) is 21.1 Å². The van der Waals surface area contributed by atoms with E-state index in [1.165, 1.54) is 135 Å². The Kier molecular flexibility index (Phi) is 56.3. The number of allylic oxidation sites excluding steroid dienone is 16. The number of hydrogen-bond donors (Lipinski definition) is 0. The van der Waals surface area contributed by atoms with Crippen molar-refractivity contribution in [3.8, 4) is 0 Å². The van der Waals surface area contributed by atoms with Gasteiger partial charge in [-0.15, -0.1) is 0 Å². The first kappa shape index (κ1) is 74.9. The van der Waals surface area contributed by atoms with Crippen LogP contribution in [0, 0.1) is 0 Å². The molecule has 0 amide bonds. The van der Waals surface area contributed by atoms with Crippen LogP contribution in [0.1, 0.15) is 271 Å². The highest BCUT2D eigenvalue weighted by Gasteiger charge is 2.22. The summed E-state index contributed by atoms with van der Waals surface area (Å²) in [6.07, 6.45) is 80.6. The first-order chi connectivity index (χ1) is 38.0. The van der Waals surface area contributed by atoms with Crippen LogP contribution in [0.2, 0.25) is 0 Å². The number of carbonyl (C=O) groups excluding carboxylic acids is 2. The fourth-order valence-electron chi connectivity index (χ4n) is 8.76. The first-order valence-electron chi connectivity index (χ1n) is 31.9. The smallest absolute Gasteiger partial charge is 0.306 e. The lowest BCUT2D eigenvalue weighted by molar-refractivity contribution is -0.870. The molecule has 0 bridgehead atoms. The summed E-state index contributed by atoms with van der Waals surface area (Å²) >= 11 is 0. The van der Waals surface area contributed by atoms with Crippen LogP contribution in [0.25, 0.3) is 0 Å². The lowest BCUT2D eigenvalue weighted by Gasteiger charge is -2.28. The number of ether oxygens (including phenoxy) is 2. The molecule has 0 heterocycles. The number of nitrogens with zero attached hydrogens (tertiary/aromatic N) is 1. The molecular formula is C68H120NO8P. The quantitative estimate of drug-likeness (QED) is 0.0195. The van der Waals surface area contributed by atoms with Gasteiger partial charge in [0.1, 0.15) is 19.8 Å². The molecule has 0 saturated heterocycles. The van der Waals surface area contributed by atoms with Crippen LogP contribution in [0.15, 0.2) is 97.2 Å². The average molecular weight is 1110 g/mol. The Balaban J connectivity index is 3.98. The molecule has 10 heteroatoms. The Labute approximate surface area is 481 Å². The van der Waals surface area contributed by atoms with E-state index >= 15 is 0 Å². The molecule has 9 nitrogen and oxygen atoms in total. The van der Waals surface area contributed by atoms with Crippen LogP contribution in [0.4, 0.5) is 0 Å². The van der Waals surface area contributed by atoms with E-state index in [2.05, 4.69) is 111 Å². The molecule has 2 atom stereocenters. The van der Waals surface area contributed by atoms with Gasteiger partial charge in [0.15, 0.2) is 6.10 Å². The third kappa shape index (κ3) is 62.1. The van der Waals surface area contributed by atoms with E-state index < -0.39 is 32.5 Å². The molecule has 0 spiro atoms. The van der Waals surface area contributed by atoms with Crippen molar-refractivity contribution in [3.63, 3.8) is 0 Å². The maximum atomic E-state index is 12.8. The zero-order valence-electron chi connectivity index (χ0n) is 51.1. The summed E-state index contributed by atoms with van der Waals surface area (Å²) in [7, 11) is 1.15. The summed E-state index contributed by atoms with van der Waals surface area (Å²) in [4.78, 5) is 37.9. The highest BCUT2D eigenvalue weighted by Crippen LogP contribution is 2.38. The van der Waals surface area contributed by atoms with Gasteiger partial charge < -0.3 is 27.9 Å². The van der Waals surface area contributed by atoms with E-state index in [9.17, 15) is 19.0 Å². The van der Waals surface area contributed by atoms with Crippen molar-refractivity contribution in [1.29, 1.82) is 0 Å². The van der Waals surface area contributed by atoms with Gasteiger partial charge in [0.25, 0.3) is 7.82 Å². The number of phosphoric acid groups is 1. The van der Waals surface area contributed by atoms with Crippen molar-refractivity contribution in [2.75, 3.05) is 47.5 Å². The number of quaternary nitrogens is 1. The summed E-state index contributed by atoms with van der Waals surface area (Å²) in [5.41, 5.74) is 0. The van der Waals surface area contributed by atoms with E-state index in [0.717, 1.165) is 96.3 Å². The molecule has 0 saturated carbocycles. The van der Waals surface area contributed by atoms with Gasteiger partial charge in [-0.3, -0.25) is 14.2 Å². The van der Waals surface area contributed by atoms with Crippen molar-refractivity contribution in [1.82, 2.24) is 0 Å². The zero-order valence-corrected chi connectivity index (χ0v) is 52.0. The molecule has 78 heavy (non-hydrogen) atoms. The molecule has 0 aliphatic heterocycles. The first-order valence-corrected chi connectivity index (χ1v) is 33.4. The minimum Gasteiger partial charge on any atom is -0.756 e. The van der Waals surface area contributed by atoms with Gasteiger partial charge in [0.2, 0.25) is 0 Å². The summed E-state index contributed by atoms with van der Waals surface area (Å²) in [6.45, 7) is 4.00. The number of carbonyl (C=O) groups is 2. The molecule has 2 unspecified atom stereocenters. The lowest BCUT2D eigenvalue weighted by atomic mass is 10.0. The minimum absolute atomic E-state index is 0.0373. The molecule has 0 aromatic carbocycles. The van der Waals surface area contributed by atoms with Crippen LogP contribution >= 0.6 is 7.82 Å². The van der Waals surface area contributed by atoms with Crippen LogP contribution in [-0.2, 0) is 32.7 Å². The summed E-state index contributed by atoms with van der Waals surface area (Å²) in [5.74, 6) is -0.856. The predicted octanol–water partition coefficient (Wildman–Crippen LogP) is 19.7. The van der Waals surface area contributed by atoms with Crippen LogP contribution in [0.3, 0.4) is 0 Å². The van der Waals surface area contributed by atoms with Crippen molar-refractivity contribution < 1.29 is 42.1 Å². The maximum absolute atomic E-state index is 12.8. The number of phosphoric ester groups is 1. The minimum atomic E-state index is -4.65. The number of esters is 2. The third-order valence-corrected chi connectivity index (χ3v) is 14.6. The van der Waals surface area contributed by atoms with Gasteiger partial charge in [-0.05, 0) is 89.9 Å². The van der Waals surface area contributed by atoms with Gasteiger partial charge in [-0.2, -0.15) is 0 Å². The van der Waals surface area contributed by atoms with Crippen molar-refractivity contribution >= 4 is 19.8 Å². The second kappa shape index (κ2) is 58.6. The normalized spacial score (nSPS) is 13.9. The fourth-order valence-corrected chi connectivity index (χ4v) is 9.49. The van der Waals surface area contributed by atoms with E-state index in [-0.39, 0.29) is 26.1 Å². The van der Waals surface area contributed by atoms with E-state index in [1.54, 1.807) is 0 Å². The van der Waals surface area contributed by atoms with Gasteiger partial charge in [-0.25, -0.2) is 0 Å². The van der Waals surface area contributed by atoms with Gasteiger partial charge in [-0.1, -0.05) is 265 Å². The number of hydrogen-bond acceptors (Lipinski definition) is 8. The SMILES string of the molecule is CC/C=C\C/C=C\C/C=C\C/C=C\CCCCCCCCCCCCCCCCCCCCCCCCCCC(=O)OC(COC(=O)CCCCCC/C=C\C/C=C\C/C=C\C/C=C\CC)COP(=O)([O-])OCC[N+](C)(C)C. The number of likely N-dealkylation sites (N-methyl/N-ethyl adjacent to an activating group) is 1. The van der Waals surface area contributed by atoms with E-state index in [4.69, 9.17) is 18.5 Å². The van der Waals surface area contributed by atoms with Crippen molar-refractivity contribution in [2.24, 2.45) is 0 Å². The predicted molar refractivity (Wildman–Crippen MR) is 332 cm³/mol. The Bertz CT molecular complexity index is 1640. The summed E-state index contributed by atoms with van der Waals surface area (Å²) < 4.78 is 34.2. The van der Waals surface area contributed by atoms with Gasteiger partial charge in [0.05, 0.1) is 27.7 Å². The van der Waals surface area contributed by atoms with Gasteiger partial charge >= 0.3 is 11.9 Å². The Morgan fingerprint density at radius 1 is 0.397 bits per heavy atom. The molecule has 0 fully saturated rings. The van der Waals surface area contributed by atoms with Crippen molar-refractivity contribution in [2.45, 2.75) is 277 Å². The Hall–Kier alpha value is -3.07. The topological polar surface area (TPSA) is 111 Å². The average Bonchev–Trinajstić information content (AvgIpc) is 3.41. The summed E-state index contributed by atoms with van der Waals surface area (Å²) in [6, 6.07) is 0. The Morgan fingerprint density at radius 3 is 1.03 bits per heavy atom. The molecule has 0 aliphatic rings. The third-order valence-electron chi connectivity index (χ3n) is 13.6. The van der Waals surface area contributed by atoms with Gasteiger partial charge in [0, 0.05) is 12.8 Å². The fraction of sp³-hybridized carbons (Fsp3) is 0.735. The molecule has 0 N–H and O–H groups in total. The van der Waals surface area contributed by atoms with Crippen molar-refractivity contribution in [3.05, 3.63) is 97.2 Å². The molecule has 0 rings (SSSR count). The standard InChI is InChI=1S/C68H120NO8P/c1-6-8-10-12-14-16-18-20-22-24-25-26-27-28-29-30-31-32-33-34-35-36-37-38-39-40-41-42-43-45-47-49-51-53-55-57-59-61-68(71)77-66(65-76-78(72,73)75-63-62-69(3,4)5)64-74-67(70)60-58-56-54-52-50-48-46-44-23-21-19-17-15-13-11-9-7-2/h8-11,14-17,20-23,25-26,46,48,66H,6-7,12-13,18-19,24,27-45,47,49-65H2,1-5H3/b10-8-,11-9-,16-14-,17-15-,22-20-,23-21-,26-25-,48-46-. The highest BCUT2D eigenvalue weighted by molar-refractivity contribution is 7.45.